The van der Waals surface area contributed by atoms with Crippen LogP contribution in [0.4, 0.5) is 0 Å². The molecule has 1 heterocycles. The van der Waals surface area contributed by atoms with Gasteiger partial charge in [0.1, 0.15) is 0 Å². The quantitative estimate of drug-likeness (QED) is 0.581. The molecule has 7 nitrogen and oxygen atoms in total. The third kappa shape index (κ3) is 4.83. The maximum atomic E-state index is 12.7. The molecule has 0 spiro atoms. The number of halogens is 1. The molecule has 0 aliphatic heterocycles. The van der Waals surface area contributed by atoms with Crippen LogP contribution in [0.5, 0.6) is 0 Å². The summed E-state index contributed by atoms with van der Waals surface area (Å²) in [4.78, 5) is 28.7. The van der Waals surface area contributed by atoms with Gasteiger partial charge in [-0.2, -0.15) is 4.98 Å². The highest BCUT2D eigenvalue weighted by Crippen LogP contribution is 2.23. The van der Waals surface area contributed by atoms with Crippen LogP contribution in [0.3, 0.4) is 0 Å². The number of aryl methyl sites for hydroxylation is 1. The molecule has 0 bridgehead atoms. The van der Waals surface area contributed by atoms with E-state index < -0.39 is 12.0 Å². The van der Waals surface area contributed by atoms with Gasteiger partial charge < -0.3 is 14.6 Å². The lowest BCUT2D eigenvalue weighted by Crippen LogP contribution is -2.30. The predicted octanol–water partition coefficient (Wildman–Crippen LogP) is 3.84. The first kappa shape index (κ1) is 19.8. The van der Waals surface area contributed by atoms with Crippen molar-refractivity contribution in [2.75, 3.05) is 7.11 Å². The minimum absolute atomic E-state index is 0.0258. The van der Waals surface area contributed by atoms with Gasteiger partial charge in [0, 0.05) is 15.6 Å². The summed E-state index contributed by atoms with van der Waals surface area (Å²) in [5.41, 5.74) is 1.96. The average Bonchev–Trinajstić information content (AvgIpc) is 3.13. The molecule has 1 unspecified atom stereocenters. The fraction of sp³-hybridized carbons (Fsp3) is 0.200. The molecule has 1 atom stereocenters. The van der Waals surface area contributed by atoms with Gasteiger partial charge in [-0.3, -0.25) is 9.59 Å². The molecule has 3 rings (SSSR count). The molecule has 28 heavy (non-hydrogen) atoms. The molecule has 1 amide bonds. The number of carbonyl (C=O) groups is 2. The molecule has 0 radical (unpaired) electrons. The van der Waals surface area contributed by atoms with Crippen molar-refractivity contribution in [3.63, 3.8) is 0 Å². The zero-order valence-corrected chi connectivity index (χ0v) is 16.9. The highest BCUT2D eigenvalue weighted by Gasteiger charge is 2.20. The van der Waals surface area contributed by atoms with Crippen molar-refractivity contribution in [3.8, 4) is 11.5 Å². The minimum Gasteiger partial charge on any atom is -0.469 e. The highest BCUT2D eigenvalue weighted by atomic mass is 79.9. The number of ether oxygens (including phenoxy) is 1. The smallest absolute Gasteiger partial charge is 0.307 e. The van der Waals surface area contributed by atoms with Crippen LogP contribution >= 0.6 is 15.9 Å². The largest absolute Gasteiger partial charge is 0.469 e. The molecule has 3 aromatic rings. The summed E-state index contributed by atoms with van der Waals surface area (Å²) < 4.78 is 10.7. The Balaban J connectivity index is 1.78. The molecular weight excluding hydrogens is 426 g/mol. The van der Waals surface area contributed by atoms with Gasteiger partial charge in [0.05, 0.1) is 19.6 Å². The molecule has 0 aliphatic rings. The van der Waals surface area contributed by atoms with Gasteiger partial charge in [0.25, 0.3) is 11.8 Å². The van der Waals surface area contributed by atoms with Crippen LogP contribution in [-0.2, 0) is 9.53 Å². The van der Waals surface area contributed by atoms with Crippen LogP contribution in [0.25, 0.3) is 11.5 Å². The number of methoxy groups -OCH3 is 1. The second-order valence-corrected chi connectivity index (χ2v) is 7.00. The third-order valence-electron chi connectivity index (χ3n) is 4.08. The second-order valence-electron chi connectivity index (χ2n) is 6.09. The zero-order valence-electron chi connectivity index (χ0n) is 15.3. The number of amides is 1. The maximum absolute atomic E-state index is 12.7. The standard InChI is InChI=1S/C20H18BrN3O4/c1-12-22-20(28-24-12)14-8-6-13(7-9-14)19(26)23-17(11-18(25)27-2)15-4-3-5-16(21)10-15/h3-10,17H,11H2,1-2H3,(H,23,26). The Labute approximate surface area is 170 Å². The van der Waals surface area contributed by atoms with Crippen molar-refractivity contribution in [2.24, 2.45) is 0 Å². The Morgan fingerprint density at radius 3 is 2.57 bits per heavy atom. The number of aromatic nitrogens is 2. The summed E-state index contributed by atoms with van der Waals surface area (Å²) in [6, 6.07) is 13.7. The Hall–Kier alpha value is -3.00. The number of hydrogen-bond acceptors (Lipinski definition) is 6. The third-order valence-corrected chi connectivity index (χ3v) is 4.57. The SMILES string of the molecule is COC(=O)CC(NC(=O)c1ccc(-c2nc(C)no2)cc1)c1cccc(Br)c1. The van der Waals surface area contributed by atoms with E-state index in [1.165, 1.54) is 7.11 Å². The van der Waals surface area contributed by atoms with Gasteiger partial charge >= 0.3 is 5.97 Å². The average molecular weight is 444 g/mol. The van der Waals surface area contributed by atoms with Gasteiger partial charge in [-0.25, -0.2) is 0 Å². The molecule has 0 saturated carbocycles. The molecule has 0 aliphatic carbocycles. The van der Waals surface area contributed by atoms with E-state index in [0.29, 0.717) is 17.3 Å². The first-order chi connectivity index (χ1) is 13.5. The fourth-order valence-corrected chi connectivity index (χ4v) is 3.06. The van der Waals surface area contributed by atoms with E-state index in [0.717, 1.165) is 15.6 Å². The molecule has 1 aromatic heterocycles. The van der Waals surface area contributed by atoms with E-state index in [9.17, 15) is 9.59 Å². The molecule has 0 fully saturated rings. The molecule has 0 saturated heterocycles. The summed E-state index contributed by atoms with van der Waals surface area (Å²) in [5.74, 6) is 0.216. The Morgan fingerprint density at radius 2 is 1.96 bits per heavy atom. The number of nitrogens with zero attached hydrogens (tertiary/aromatic N) is 2. The minimum atomic E-state index is -0.518. The normalized spacial score (nSPS) is 11.7. The first-order valence-electron chi connectivity index (χ1n) is 8.50. The summed E-state index contributed by atoms with van der Waals surface area (Å²) >= 11 is 3.41. The molecular formula is C20H18BrN3O4. The number of nitrogens with one attached hydrogen (secondary N) is 1. The number of hydrogen-bond donors (Lipinski definition) is 1. The van der Waals surface area contributed by atoms with Gasteiger partial charge in [0.15, 0.2) is 5.82 Å². The van der Waals surface area contributed by atoms with Crippen molar-refractivity contribution in [1.82, 2.24) is 15.5 Å². The van der Waals surface area contributed by atoms with Crippen LogP contribution in [0, 0.1) is 6.92 Å². The van der Waals surface area contributed by atoms with Gasteiger partial charge in [-0.05, 0) is 48.9 Å². The van der Waals surface area contributed by atoms with Crippen molar-refractivity contribution < 1.29 is 18.8 Å². The molecule has 144 valence electrons. The maximum Gasteiger partial charge on any atom is 0.307 e. The number of carbonyl (C=O) groups excluding carboxylic acids is 2. The van der Waals surface area contributed by atoms with E-state index in [1.54, 1.807) is 31.2 Å². The van der Waals surface area contributed by atoms with Gasteiger partial charge in [-0.1, -0.05) is 33.2 Å². The fourth-order valence-electron chi connectivity index (χ4n) is 2.65. The van der Waals surface area contributed by atoms with E-state index in [-0.39, 0.29) is 12.3 Å². The van der Waals surface area contributed by atoms with Gasteiger partial charge in [0.2, 0.25) is 0 Å². The van der Waals surface area contributed by atoms with Crippen molar-refractivity contribution >= 4 is 27.8 Å². The number of benzene rings is 2. The van der Waals surface area contributed by atoms with Crippen molar-refractivity contribution in [1.29, 1.82) is 0 Å². The van der Waals surface area contributed by atoms with Gasteiger partial charge in [-0.15, -0.1) is 0 Å². The van der Waals surface area contributed by atoms with Crippen LogP contribution in [-0.4, -0.2) is 29.1 Å². The van der Waals surface area contributed by atoms with E-state index in [1.807, 2.05) is 24.3 Å². The summed E-state index contributed by atoms with van der Waals surface area (Å²) in [5, 5.41) is 6.65. The lowest BCUT2D eigenvalue weighted by molar-refractivity contribution is -0.141. The molecule has 8 heteroatoms. The Morgan fingerprint density at radius 1 is 1.21 bits per heavy atom. The van der Waals surface area contributed by atoms with E-state index in [4.69, 9.17) is 9.26 Å². The van der Waals surface area contributed by atoms with E-state index in [2.05, 4.69) is 31.4 Å². The summed E-state index contributed by atoms with van der Waals surface area (Å²) in [6.45, 7) is 1.73. The zero-order chi connectivity index (χ0) is 20.1. The topological polar surface area (TPSA) is 94.3 Å². The molecule has 2 aromatic carbocycles. The molecule has 1 N–H and O–H groups in total. The summed E-state index contributed by atoms with van der Waals surface area (Å²) in [6.07, 6.45) is 0.0258. The lowest BCUT2D eigenvalue weighted by Gasteiger charge is -2.18. The van der Waals surface area contributed by atoms with Crippen molar-refractivity contribution in [3.05, 3.63) is 70.0 Å². The van der Waals surface area contributed by atoms with Crippen LogP contribution in [0.15, 0.2) is 57.5 Å². The van der Waals surface area contributed by atoms with Crippen molar-refractivity contribution in [2.45, 2.75) is 19.4 Å². The van der Waals surface area contributed by atoms with Crippen LogP contribution < -0.4 is 5.32 Å². The predicted molar refractivity (Wildman–Crippen MR) is 105 cm³/mol. The Kier molecular flexibility index (Phi) is 6.20. The monoisotopic (exact) mass is 443 g/mol. The van der Waals surface area contributed by atoms with E-state index >= 15 is 0 Å². The van der Waals surface area contributed by atoms with Crippen LogP contribution in [0.2, 0.25) is 0 Å². The first-order valence-corrected chi connectivity index (χ1v) is 9.29. The lowest BCUT2D eigenvalue weighted by atomic mass is 10.0. The van der Waals surface area contributed by atoms with Crippen LogP contribution in [0.1, 0.15) is 34.2 Å². The second kappa shape index (κ2) is 8.79. The number of esters is 1. The highest BCUT2D eigenvalue weighted by molar-refractivity contribution is 9.10. The Bertz CT molecular complexity index is 985. The summed E-state index contributed by atoms with van der Waals surface area (Å²) in [7, 11) is 1.32. The number of rotatable bonds is 6.